The van der Waals surface area contributed by atoms with E-state index in [-0.39, 0.29) is 5.41 Å². The fourth-order valence-electron chi connectivity index (χ4n) is 2.94. The molecule has 1 aliphatic rings. The average molecular weight is 338 g/mol. The lowest BCUT2D eigenvalue weighted by Crippen LogP contribution is -2.14. The predicted octanol–water partition coefficient (Wildman–Crippen LogP) is 2.08. The number of nitrogens with one attached hydrogen (secondary N) is 2. The van der Waals surface area contributed by atoms with E-state index in [1.165, 1.54) is 12.8 Å². The van der Waals surface area contributed by atoms with Gasteiger partial charge in [0, 0.05) is 37.1 Å². The number of hydrogen-bond acceptors (Lipinski definition) is 6. The summed E-state index contributed by atoms with van der Waals surface area (Å²) in [5.74, 6) is 6.98. The van der Waals surface area contributed by atoms with Crippen LogP contribution in [-0.4, -0.2) is 24.1 Å². The third-order valence-corrected chi connectivity index (χ3v) is 4.88. The predicted molar refractivity (Wildman–Crippen MR) is 97.0 cm³/mol. The highest BCUT2D eigenvalue weighted by Crippen LogP contribution is 2.47. The Morgan fingerprint density at radius 2 is 2.16 bits per heavy atom. The maximum atomic E-state index is 5.38. The zero-order valence-electron chi connectivity index (χ0n) is 14.6. The number of hydrazine groups is 1. The Labute approximate surface area is 145 Å². The lowest BCUT2D eigenvalue weighted by Gasteiger charge is -2.07. The fourth-order valence-corrected chi connectivity index (χ4v) is 2.94. The monoisotopic (exact) mass is 338 g/mol. The molecule has 1 fully saturated rings. The van der Waals surface area contributed by atoms with E-state index < -0.39 is 0 Å². The highest BCUT2D eigenvalue weighted by molar-refractivity contribution is 5.72. The van der Waals surface area contributed by atoms with E-state index in [1.54, 1.807) is 12.4 Å². The van der Waals surface area contributed by atoms with Crippen molar-refractivity contribution in [2.75, 3.05) is 5.32 Å². The van der Waals surface area contributed by atoms with Crippen molar-refractivity contribution in [3.8, 4) is 0 Å². The molecule has 0 bridgehead atoms. The summed E-state index contributed by atoms with van der Waals surface area (Å²) < 4.78 is 3.84. The lowest BCUT2D eigenvalue weighted by molar-refractivity contribution is 0.685. The molecule has 1 aliphatic carbocycles. The molecule has 4 rings (SSSR count). The van der Waals surface area contributed by atoms with Crippen molar-refractivity contribution in [1.29, 1.82) is 0 Å². The highest BCUT2D eigenvalue weighted by Gasteiger charge is 2.41. The minimum absolute atomic E-state index is 0.231. The summed E-state index contributed by atoms with van der Waals surface area (Å²) in [6.45, 7) is 4.22. The van der Waals surface area contributed by atoms with Crippen molar-refractivity contribution in [3.63, 3.8) is 0 Å². The van der Waals surface area contributed by atoms with Gasteiger partial charge in [0.2, 0.25) is 0 Å². The number of rotatable bonds is 5. The summed E-state index contributed by atoms with van der Waals surface area (Å²) in [5, 5.41) is 8.01. The third-order valence-electron chi connectivity index (χ3n) is 4.88. The molecule has 3 heterocycles. The largest absolute Gasteiger partial charge is 0.331 e. The Bertz CT molecular complexity index is 960. The van der Waals surface area contributed by atoms with Crippen molar-refractivity contribution in [1.82, 2.24) is 29.6 Å². The number of nitrogens with two attached hydrogens (primary N) is 1. The van der Waals surface area contributed by atoms with Crippen molar-refractivity contribution in [2.45, 2.75) is 32.1 Å². The van der Waals surface area contributed by atoms with Crippen LogP contribution in [0.4, 0.5) is 11.6 Å². The second-order valence-corrected chi connectivity index (χ2v) is 6.83. The van der Waals surface area contributed by atoms with E-state index in [0.717, 1.165) is 28.4 Å². The van der Waals surface area contributed by atoms with E-state index >= 15 is 0 Å². The van der Waals surface area contributed by atoms with Gasteiger partial charge in [0.25, 0.3) is 0 Å². The number of aryl methyl sites for hydroxylation is 1. The molecule has 3 aromatic rings. The van der Waals surface area contributed by atoms with Gasteiger partial charge in [-0.2, -0.15) is 5.10 Å². The standard InChI is InChI=1S/C17H22N8/c1-11(9-21-18)12-10-20-16-15(19-6-7-25(12)16)22-14-8-13(23-24(14)3)17(2)4-5-17/h6-10,21H,4-5,18H2,1-3H3,(H,19,22)/b11-9+. The molecule has 0 aromatic carbocycles. The first-order valence-corrected chi connectivity index (χ1v) is 8.29. The van der Waals surface area contributed by atoms with Gasteiger partial charge in [0.1, 0.15) is 5.82 Å². The Morgan fingerprint density at radius 1 is 1.36 bits per heavy atom. The molecule has 1 saturated carbocycles. The fraction of sp³-hybridized carbons (Fsp3) is 0.353. The molecule has 25 heavy (non-hydrogen) atoms. The second-order valence-electron chi connectivity index (χ2n) is 6.83. The smallest absolute Gasteiger partial charge is 0.180 e. The third kappa shape index (κ3) is 2.64. The quantitative estimate of drug-likeness (QED) is 0.487. The van der Waals surface area contributed by atoms with Gasteiger partial charge in [-0.05, 0) is 25.3 Å². The molecule has 4 N–H and O–H groups in total. The van der Waals surface area contributed by atoms with Crippen LogP contribution in [0, 0.1) is 0 Å². The normalized spacial score (nSPS) is 16.2. The maximum absolute atomic E-state index is 5.38. The van der Waals surface area contributed by atoms with E-state index in [9.17, 15) is 0 Å². The van der Waals surface area contributed by atoms with Gasteiger partial charge in [-0.25, -0.2) is 9.97 Å². The van der Waals surface area contributed by atoms with Crippen LogP contribution in [0.3, 0.4) is 0 Å². The molecular weight excluding hydrogens is 316 g/mol. The number of imidazole rings is 1. The summed E-state index contributed by atoms with van der Waals surface area (Å²) in [4.78, 5) is 8.97. The number of fused-ring (bicyclic) bond motifs is 1. The molecule has 0 aliphatic heterocycles. The maximum Gasteiger partial charge on any atom is 0.180 e. The average Bonchev–Trinajstić information content (AvgIpc) is 3.03. The Kier molecular flexibility index (Phi) is 3.50. The summed E-state index contributed by atoms with van der Waals surface area (Å²) in [5.41, 5.74) is 6.60. The number of aromatic nitrogens is 5. The van der Waals surface area contributed by atoms with Gasteiger partial charge in [-0.3, -0.25) is 14.9 Å². The molecule has 0 radical (unpaired) electrons. The van der Waals surface area contributed by atoms with Crippen molar-refractivity contribution >= 4 is 22.9 Å². The molecule has 0 amide bonds. The van der Waals surface area contributed by atoms with Gasteiger partial charge in [-0.1, -0.05) is 6.92 Å². The van der Waals surface area contributed by atoms with Crippen molar-refractivity contribution in [2.24, 2.45) is 12.9 Å². The van der Waals surface area contributed by atoms with Crippen LogP contribution in [0.15, 0.2) is 30.9 Å². The van der Waals surface area contributed by atoms with E-state index in [0.29, 0.717) is 5.82 Å². The molecular formula is C17H22N8. The number of nitrogens with zero attached hydrogens (tertiary/aromatic N) is 5. The van der Waals surface area contributed by atoms with Gasteiger partial charge >= 0.3 is 0 Å². The summed E-state index contributed by atoms with van der Waals surface area (Å²) >= 11 is 0. The van der Waals surface area contributed by atoms with Crippen LogP contribution in [0.1, 0.15) is 38.1 Å². The minimum atomic E-state index is 0.231. The first kappa shape index (κ1) is 15.6. The second kappa shape index (κ2) is 5.59. The summed E-state index contributed by atoms with van der Waals surface area (Å²) in [6.07, 6.45) is 9.58. The van der Waals surface area contributed by atoms with Gasteiger partial charge in [-0.15, -0.1) is 0 Å². The molecule has 130 valence electrons. The van der Waals surface area contributed by atoms with Crippen LogP contribution in [0.5, 0.6) is 0 Å². The van der Waals surface area contributed by atoms with Crippen LogP contribution in [-0.2, 0) is 12.5 Å². The molecule has 0 unspecified atom stereocenters. The molecule has 0 spiro atoms. The Balaban J connectivity index is 1.71. The SMILES string of the molecule is C/C(=C\NN)c1cnc2c(Nc3cc(C4(C)CC4)nn3C)nccn12. The van der Waals surface area contributed by atoms with E-state index in [1.807, 2.05) is 35.4 Å². The number of hydrogen-bond donors (Lipinski definition) is 3. The van der Waals surface area contributed by atoms with Crippen molar-refractivity contribution < 1.29 is 0 Å². The molecule has 8 heteroatoms. The molecule has 8 nitrogen and oxygen atoms in total. The topological polar surface area (TPSA) is 98.1 Å². The zero-order chi connectivity index (χ0) is 17.6. The Morgan fingerprint density at radius 3 is 2.88 bits per heavy atom. The summed E-state index contributed by atoms with van der Waals surface area (Å²) in [6, 6.07) is 2.10. The van der Waals surface area contributed by atoms with Crippen LogP contribution < -0.4 is 16.6 Å². The summed E-state index contributed by atoms with van der Waals surface area (Å²) in [7, 11) is 1.94. The van der Waals surface area contributed by atoms with Crippen LogP contribution in [0.2, 0.25) is 0 Å². The Hall–Kier alpha value is -2.87. The molecule has 0 saturated heterocycles. The molecule has 3 aromatic heterocycles. The first-order valence-electron chi connectivity index (χ1n) is 8.29. The van der Waals surface area contributed by atoms with Crippen molar-refractivity contribution in [3.05, 3.63) is 42.2 Å². The number of anilines is 2. The van der Waals surface area contributed by atoms with E-state index in [4.69, 9.17) is 5.84 Å². The van der Waals surface area contributed by atoms with Gasteiger partial charge < -0.3 is 10.7 Å². The molecule has 0 atom stereocenters. The zero-order valence-corrected chi connectivity index (χ0v) is 14.6. The van der Waals surface area contributed by atoms with Crippen LogP contribution in [0.25, 0.3) is 11.2 Å². The van der Waals surface area contributed by atoms with Crippen LogP contribution >= 0.6 is 0 Å². The highest BCUT2D eigenvalue weighted by atomic mass is 15.3. The lowest BCUT2D eigenvalue weighted by atomic mass is 10.1. The van der Waals surface area contributed by atoms with E-state index in [2.05, 4.69) is 38.8 Å². The number of allylic oxidation sites excluding steroid dienone is 1. The first-order chi connectivity index (χ1) is 12.0. The van der Waals surface area contributed by atoms with Gasteiger partial charge in [0.15, 0.2) is 11.5 Å². The minimum Gasteiger partial charge on any atom is -0.331 e. The van der Waals surface area contributed by atoms with Gasteiger partial charge in [0.05, 0.1) is 17.6 Å².